The highest BCUT2D eigenvalue weighted by Crippen LogP contribution is 2.50. The molecule has 32 heavy (non-hydrogen) atoms. The highest BCUT2D eigenvalue weighted by Gasteiger charge is 2.55. The average molecular weight is 458 g/mol. The van der Waals surface area contributed by atoms with Gasteiger partial charge in [-0.15, -0.1) is 11.3 Å². The van der Waals surface area contributed by atoms with E-state index >= 15 is 0 Å². The molecule has 1 atom stereocenters. The minimum absolute atomic E-state index is 0.0533. The van der Waals surface area contributed by atoms with Gasteiger partial charge in [0.2, 0.25) is 5.91 Å². The van der Waals surface area contributed by atoms with Gasteiger partial charge >= 0.3 is 5.97 Å². The van der Waals surface area contributed by atoms with E-state index in [4.69, 9.17) is 9.47 Å². The Hall–Kier alpha value is -2.78. The molecular formula is C23H27N3O5S. The first kappa shape index (κ1) is 22.4. The number of ether oxygens (including phenoxy) is 2. The Kier molecular flexibility index (Phi) is 6.57. The summed E-state index contributed by atoms with van der Waals surface area (Å²) >= 11 is 1.18. The minimum Gasteiger partial charge on any atom is -0.461 e. The summed E-state index contributed by atoms with van der Waals surface area (Å²) in [4.78, 5) is 45.1. The van der Waals surface area contributed by atoms with Crippen LogP contribution in [0.25, 0.3) is 0 Å². The second-order valence-electron chi connectivity index (χ2n) is 8.03. The number of amides is 2. The fourth-order valence-electron chi connectivity index (χ4n) is 4.98. The van der Waals surface area contributed by atoms with Crippen LogP contribution in [-0.2, 0) is 14.3 Å². The number of methoxy groups -OCH3 is 1. The van der Waals surface area contributed by atoms with Gasteiger partial charge in [0.1, 0.15) is 0 Å². The average Bonchev–Trinajstić information content (AvgIpc) is 3.45. The molecule has 1 spiro atoms. The molecule has 0 unspecified atom stereocenters. The molecule has 0 radical (unpaired) electrons. The predicted molar refractivity (Wildman–Crippen MR) is 120 cm³/mol. The van der Waals surface area contributed by atoms with Gasteiger partial charge in [-0.1, -0.05) is 31.0 Å². The molecule has 1 aliphatic carbocycles. The Bertz CT molecular complexity index is 1010. The number of esters is 1. The first-order chi connectivity index (χ1) is 15.5. The molecule has 8 nitrogen and oxygen atoms in total. The summed E-state index contributed by atoms with van der Waals surface area (Å²) in [6, 6.07) is 7.33. The number of anilines is 1. The Morgan fingerprint density at radius 1 is 1.28 bits per heavy atom. The molecule has 2 amide bonds. The van der Waals surface area contributed by atoms with E-state index < -0.39 is 17.4 Å². The number of thiazole rings is 1. The SMILES string of the molecule is CCOC(=O)c1csc(NC(=O)[C@@H]2c3ccccc3C(=O)N(CCOC)C23CCCC3)n1. The van der Waals surface area contributed by atoms with Gasteiger partial charge in [-0.05, 0) is 31.4 Å². The first-order valence-electron chi connectivity index (χ1n) is 10.8. The summed E-state index contributed by atoms with van der Waals surface area (Å²) in [5, 5.41) is 4.81. The molecule has 1 N–H and O–H groups in total. The molecule has 1 aromatic carbocycles. The minimum atomic E-state index is -0.602. The molecule has 0 saturated heterocycles. The number of rotatable bonds is 7. The Morgan fingerprint density at radius 3 is 2.75 bits per heavy atom. The van der Waals surface area contributed by atoms with Gasteiger partial charge in [0.15, 0.2) is 10.8 Å². The van der Waals surface area contributed by atoms with Crippen LogP contribution in [0.4, 0.5) is 5.13 Å². The molecule has 2 heterocycles. The summed E-state index contributed by atoms with van der Waals surface area (Å²) in [6.07, 6.45) is 3.40. The normalized spacial score (nSPS) is 19.1. The molecule has 170 valence electrons. The van der Waals surface area contributed by atoms with Crippen LogP contribution < -0.4 is 5.32 Å². The fraction of sp³-hybridized carbons (Fsp3) is 0.478. The third-order valence-electron chi connectivity index (χ3n) is 6.29. The van der Waals surface area contributed by atoms with Crippen molar-refractivity contribution >= 4 is 34.3 Å². The van der Waals surface area contributed by atoms with Crippen molar-refractivity contribution in [3.63, 3.8) is 0 Å². The van der Waals surface area contributed by atoms with Gasteiger partial charge in [0, 0.05) is 24.6 Å². The Balaban J connectivity index is 1.70. The van der Waals surface area contributed by atoms with Gasteiger partial charge < -0.3 is 19.7 Å². The third kappa shape index (κ3) is 3.91. The van der Waals surface area contributed by atoms with Gasteiger partial charge in [0.25, 0.3) is 5.91 Å². The van der Waals surface area contributed by atoms with E-state index in [0.717, 1.165) is 31.2 Å². The zero-order valence-corrected chi connectivity index (χ0v) is 19.1. The highest BCUT2D eigenvalue weighted by atomic mass is 32.1. The molecule has 1 aliphatic heterocycles. The van der Waals surface area contributed by atoms with Gasteiger partial charge in [-0.3, -0.25) is 9.59 Å². The number of aromatic nitrogens is 1. The lowest BCUT2D eigenvalue weighted by Crippen LogP contribution is -2.60. The van der Waals surface area contributed by atoms with Crippen LogP contribution in [0.5, 0.6) is 0 Å². The maximum atomic E-state index is 13.7. The molecule has 4 rings (SSSR count). The summed E-state index contributed by atoms with van der Waals surface area (Å²) < 4.78 is 10.3. The molecular weight excluding hydrogens is 430 g/mol. The van der Waals surface area contributed by atoms with Gasteiger partial charge in [-0.2, -0.15) is 0 Å². The number of nitrogens with zero attached hydrogens (tertiary/aromatic N) is 2. The second-order valence-corrected chi connectivity index (χ2v) is 8.89. The molecule has 1 saturated carbocycles. The molecule has 2 aliphatic rings. The molecule has 2 aromatic rings. The van der Waals surface area contributed by atoms with E-state index in [1.807, 2.05) is 23.1 Å². The van der Waals surface area contributed by atoms with Crippen molar-refractivity contribution in [3.05, 3.63) is 46.5 Å². The lowest BCUT2D eigenvalue weighted by atomic mass is 9.71. The molecule has 0 bridgehead atoms. The zero-order chi connectivity index (χ0) is 22.7. The van der Waals surface area contributed by atoms with Gasteiger partial charge in [0.05, 0.1) is 24.7 Å². The number of benzene rings is 1. The van der Waals surface area contributed by atoms with Crippen molar-refractivity contribution in [3.8, 4) is 0 Å². The zero-order valence-electron chi connectivity index (χ0n) is 18.3. The monoisotopic (exact) mass is 457 g/mol. The van der Waals surface area contributed by atoms with E-state index in [9.17, 15) is 14.4 Å². The number of hydrogen-bond acceptors (Lipinski definition) is 7. The third-order valence-corrected chi connectivity index (χ3v) is 7.05. The topological polar surface area (TPSA) is 97.8 Å². The van der Waals surface area contributed by atoms with Crippen molar-refractivity contribution in [2.75, 3.05) is 32.2 Å². The van der Waals surface area contributed by atoms with Crippen LogP contribution >= 0.6 is 11.3 Å². The van der Waals surface area contributed by atoms with E-state index in [2.05, 4.69) is 10.3 Å². The Morgan fingerprint density at radius 2 is 2.03 bits per heavy atom. The van der Waals surface area contributed by atoms with Crippen molar-refractivity contribution < 1.29 is 23.9 Å². The van der Waals surface area contributed by atoms with Crippen LogP contribution in [0.3, 0.4) is 0 Å². The standard InChI is InChI=1S/C23H27N3O5S/c1-3-31-21(29)17-14-32-22(24-17)25-19(27)18-15-8-4-5-9-16(15)20(28)26(12-13-30-2)23(18)10-6-7-11-23/h4-5,8-9,14,18H,3,6-7,10-13H2,1-2H3,(H,24,25,27)/t18-/m0/s1. The van der Waals surface area contributed by atoms with Crippen LogP contribution in [0, 0.1) is 0 Å². The van der Waals surface area contributed by atoms with Crippen LogP contribution in [-0.4, -0.2) is 60.1 Å². The summed E-state index contributed by atoms with van der Waals surface area (Å²) in [6.45, 7) is 2.81. The lowest BCUT2D eigenvalue weighted by molar-refractivity contribution is -0.121. The van der Waals surface area contributed by atoms with Crippen molar-refractivity contribution in [2.24, 2.45) is 0 Å². The number of carbonyl (C=O) groups excluding carboxylic acids is 3. The van der Waals surface area contributed by atoms with Gasteiger partial charge in [-0.25, -0.2) is 9.78 Å². The maximum Gasteiger partial charge on any atom is 0.357 e. The van der Waals surface area contributed by atoms with E-state index in [0.29, 0.717) is 23.8 Å². The number of hydrogen-bond donors (Lipinski definition) is 1. The molecule has 1 aromatic heterocycles. The smallest absolute Gasteiger partial charge is 0.357 e. The van der Waals surface area contributed by atoms with Crippen molar-refractivity contribution in [2.45, 2.75) is 44.1 Å². The lowest BCUT2D eigenvalue weighted by Gasteiger charge is -2.50. The number of carbonyl (C=O) groups is 3. The fourth-order valence-corrected chi connectivity index (χ4v) is 5.66. The largest absolute Gasteiger partial charge is 0.461 e. The van der Waals surface area contributed by atoms with E-state index in [-0.39, 0.29) is 24.1 Å². The summed E-state index contributed by atoms with van der Waals surface area (Å²) in [5.41, 5.74) is 0.860. The molecule has 1 fully saturated rings. The van der Waals surface area contributed by atoms with E-state index in [1.54, 1.807) is 25.5 Å². The van der Waals surface area contributed by atoms with Crippen molar-refractivity contribution in [1.29, 1.82) is 0 Å². The predicted octanol–water partition coefficient (Wildman–Crippen LogP) is 3.46. The van der Waals surface area contributed by atoms with Crippen LogP contribution in [0.2, 0.25) is 0 Å². The quantitative estimate of drug-likeness (QED) is 0.640. The highest BCUT2D eigenvalue weighted by molar-refractivity contribution is 7.14. The van der Waals surface area contributed by atoms with Crippen LogP contribution in [0.1, 0.15) is 64.9 Å². The number of fused-ring (bicyclic) bond motifs is 1. The first-order valence-corrected chi connectivity index (χ1v) is 11.7. The van der Waals surface area contributed by atoms with Crippen molar-refractivity contribution in [1.82, 2.24) is 9.88 Å². The second kappa shape index (κ2) is 9.38. The van der Waals surface area contributed by atoms with Crippen LogP contribution in [0.15, 0.2) is 29.6 Å². The maximum absolute atomic E-state index is 13.7. The Labute approximate surface area is 190 Å². The summed E-state index contributed by atoms with van der Waals surface area (Å²) in [5.74, 6) is -1.33. The molecule has 9 heteroatoms. The summed E-state index contributed by atoms with van der Waals surface area (Å²) in [7, 11) is 1.61. The number of nitrogens with one attached hydrogen (secondary N) is 1. The van der Waals surface area contributed by atoms with E-state index in [1.165, 1.54) is 11.3 Å².